The maximum Gasteiger partial charge on any atom is 0.416 e. The average Bonchev–Trinajstić information content (AvgIpc) is 3.25. The zero-order chi connectivity index (χ0) is 21.6. The second-order valence-corrected chi connectivity index (χ2v) is 6.38. The maximum atomic E-state index is 13.3. The minimum atomic E-state index is -4.64. The van der Waals surface area contributed by atoms with Gasteiger partial charge >= 0.3 is 6.18 Å². The predicted octanol–water partition coefficient (Wildman–Crippen LogP) is 3.88. The molecule has 0 aliphatic heterocycles. The molecule has 1 aromatic heterocycles. The second-order valence-electron chi connectivity index (χ2n) is 6.38. The van der Waals surface area contributed by atoms with Crippen LogP contribution >= 0.6 is 0 Å². The summed E-state index contributed by atoms with van der Waals surface area (Å²) in [5.41, 5.74) is 0.658. The van der Waals surface area contributed by atoms with E-state index in [1.165, 1.54) is 6.33 Å². The standard InChI is InChI=1S/C20H20F4N6/c1-2-25-19(27-11-15-6-7-16(21)9-17(15)20(22,23)24)26-10-13-4-3-5-14(8-13)18-28-12-29-30-18/h3-9,12H,2,10-11H2,1H3,(H2,25,26,27)(H,28,29,30). The molecule has 3 rings (SSSR count). The van der Waals surface area contributed by atoms with E-state index in [4.69, 9.17) is 0 Å². The largest absolute Gasteiger partial charge is 0.416 e. The molecular weight excluding hydrogens is 400 g/mol. The van der Waals surface area contributed by atoms with Crippen molar-refractivity contribution in [3.63, 3.8) is 0 Å². The third-order valence-corrected chi connectivity index (χ3v) is 4.20. The Labute approximate surface area is 170 Å². The number of nitrogens with one attached hydrogen (secondary N) is 3. The van der Waals surface area contributed by atoms with Crippen LogP contribution in [0.5, 0.6) is 0 Å². The highest BCUT2D eigenvalue weighted by Crippen LogP contribution is 2.32. The van der Waals surface area contributed by atoms with E-state index in [0.717, 1.165) is 23.3 Å². The van der Waals surface area contributed by atoms with E-state index in [0.29, 0.717) is 30.9 Å². The molecule has 3 aromatic rings. The van der Waals surface area contributed by atoms with Crippen molar-refractivity contribution < 1.29 is 17.6 Å². The summed E-state index contributed by atoms with van der Waals surface area (Å²) in [6.45, 7) is 2.52. The lowest BCUT2D eigenvalue weighted by Crippen LogP contribution is -2.37. The van der Waals surface area contributed by atoms with Crippen molar-refractivity contribution >= 4 is 5.96 Å². The maximum absolute atomic E-state index is 13.3. The van der Waals surface area contributed by atoms with Gasteiger partial charge in [-0.15, -0.1) is 0 Å². The molecule has 0 unspecified atom stereocenters. The molecular formula is C20H20F4N6. The van der Waals surface area contributed by atoms with Crippen LogP contribution < -0.4 is 10.6 Å². The molecule has 1 heterocycles. The van der Waals surface area contributed by atoms with Gasteiger partial charge < -0.3 is 10.6 Å². The number of alkyl halides is 3. The predicted molar refractivity (Wildman–Crippen MR) is 105 cm³/mol. The van der Waals surface area contributed by atoms with Crippen LogP contribution in [0.2, 0.25) is 0 Å². The van der Waals surface area contributed by atoms with E-state index in [1.807, 2.05) is 31.2 Å². The van der Waals surface area contributed by atoms with Gasteiger partial charge in [0.25, 0.3) is 0 Å². The Morgan fingerprint density at radius 2 is 1.97 bits per heavy atom. The van der Waals surface area contributed by atoms with Crippen molar-refractivity contribution in [1.82, 2.24) is 25.8 Å². The van der Waals surface area contributed by atoms with Crippen molar-refractivity contribution in [2.24, 2.45) is 4.99 Å². The van der Waals surface area contributed by atoms with Gasteiger partial charge in [-0.05, 0) is 36.2 Å². The first kappa shape index (κ1) is 21.3. The van der Waals surface area contributed by atoms with Gasteiger partial charge in [-0.25, -0.2) is 14.4 Å². The first-order valence-corrected chi connectivity index (χ1v) is 9.19. The Morgan fingerprint density at radius 1 is 1.13 bits per heavy atom. The molecule has 0 aliphatic carbocycles. The molecule has 0 saturated heterocycles. The van der Waals surface area contributed by atoms with Crippen LogP contribution in [0.15, 0.2) is 53.8 Å². The van der Waals surface area contributed by atoms with Gasteiger partial charge in [0.2, 0.25) is 0 Å². The van der Waals surface area contributed by atoms with E-state index in [1.54, 1.807) is 0 Å². The fourth-order valence-electron chi connectivity index (χ4n) is 2.82. The number of halogens is 4. The molecule has 0 atom stereocenters. The van der Waals surface area contributed by atoms with Crippen LogP contribution in [0.1, 0.15) is 23.6 Å². The number of aromatic amines is 1. The number of aromatic nitrogens is 3. The molecule has 30 heavy (non-hydrogen) atoms. The zero-order valence-corrected chi connectivity index (χ0v) is 16.1. The van der Waals surface area contributed by atoms with Gasteiger partial charge in [-0.3, -0.25) is 5.10 Å². The summed E-state index contributed by atoms with van der Waals surface area (Å²) >= 11 is 0. The highest BCUT2D eigenvalue weighted by molar-refractivity contribution is 5.79. The number of nitrogens with zero attached hydrogens (tertiary/aromatic N) is 3. The Kier molecular flexibility index (Phi) is 6.65. The monoisotopic (exact) mass is 420 g/mol. The Hall–Kier alpha value is -3.43. The molecule has 0 amide bonds. The zero-order valence-electron chi connectivity index (χ0n) is 16.1. The van der Waals surface area contributed by atoms with Crippen LogP contribution in [-0.4, -0.2) is 27.7 Å². The van der Waals surface area contributed by atoms with Crippen LogP contribution in [0.25, 0.3) is 11.4 Å². The Morgan fingerprint density at radius 3 is 2.67 bits per heavy atom. The third-order valence-electron chi connectivity index (χ3n) is 4.20. The average molecular weight is 420 g/mol. The molecule has 0 spiro atoms. The summed E-state index contributed by atoms with van der Waals surface area (Å²) < 4.78 is 52.8. The Bertz CT molecular complexity index is 999. The lowest BCUT2D eigenvalue weighted by Gasteiger charge is -2.16. The molecule has 2 aromatic carbocycles. The van der Waals surface area contributed by atoms with Gasteiger partial charge in [0.1, 0.15) is 12.1 Å². The van der Waals surface area contributed by atoms with Crippen LogP contribution in [0, 0.1) is 5.82 Å². The molecule has 0 saturated carbocycles. The molecule has 10 heteroatoms. The van der Waals surface area contributed by atoms with E-state index < -0.39 is 17.6 Å². The fourth-order valence-corrected chi connectivity index (χ4v) is 2.82. The topological polar surface area (TPSA) is 78.0 Å². The van der Waals surface area contributed by atoms with E-state index >= 15 is 0 Å². The summed E-state index contributed by atoms with van der Waals surface area (Å²) in [5.74, 6) is 0.0418. The molecule has 6 nitrogen and oxygen atoms in total. The van der Waals surface area contributed by atoms with Crippen molar-refractivity contribution in [1.29, 1.82) is 0 Å². The van der Waals surface area contributed by atoms with Crippen LogP contribution in [-0.2, 0) is 19.3 Å². The normalized spacial score (nSPS) is 12.1. The number of rotatable bonds is 6. The van der Waals surface area contributed by atoms with Gasteiger partial charge in [-0.1, -0.05) is 24.3 Å². The van der Waals surface area contributed by atoms with Gasteiger partial charge in [0, 0.05) is 18.7 Å². The number of aliphatic imine (C=N–C) groups is 1. The Balaban J connectivity index is 1.73. The molecule has 0 radical (unpaired) electrons. The summed E-state index contributed by atoms with van der Waals surface area (Å²) in [6, 6.07) is 10.1. The minimum absolute atomic E-state index is 0.0678. The van der Waals surface area contributed by atoms with Crippen molar-refractivity contribution in [2.75, 3.05) is 6.54 Å². The first-order chi connectivity index (χ1) is 14.4. The van der Waals surface area contributed by atoms with E-state index in [-0.39, 0.29) is 12.1 Å². The van der Waals surface area contributed by atoms with Gasteiger partial charge in [-0.2, -0.15) is 18.3 Å². The highest BCUT2D eigenvalue weighted by Gasteiger charge is 2.33. The van der Waals surface area contributed by atoms with Crippen LogP contribution in [0.3, 0.4) is 0 Å². The number of hydrogen-bond donors (Lipinski definition) is 3. The lowest BCUT2D eigenvalue weighted by molar-refractivity contribution is -0.138. The quantitative estimate of drug-likeness (QED) is 0.321. The first-order valence-electron chi connectivity index (χ1n) is 9.19. The fraction of sp³-hybridized carbons (Fsp3) is 0.250. The number of guanidine groups is 1. The minimum Gasteiger partial charge on any atom is -0.357 e. The van der Waals surface area contributed by atoms with E-state index in [9.17, 15) is 17.6 Å². The molecule has 3 N–H and O–H groups in total. The smallest absolute Gasteiger partial charge is 0.357 e. The summed E-state index contributed by atoms with van der Waals surface area (Å²) in [7, 11) is 0. The van der Waals surface area contributed by atoms with Crippen molar-refractivity contribution in [2.45, 2.75) is 26.2 Å². The van der Waals surface area contributed by atoms with Crippen molar-refractivity contribution in [3.8, 4) is 11.4 Å². The summed E-state index contributed by atoms with van der Waals surface area (Å²) in [6.07, 6.45) is -3.23. The molecule has 0 fully saturated rings. The number of hydrogen-bond acceptors (Lipinski definition) is 3. The third kappa shape index (κ3) is 5.56. The lowest BCUT2D eigenvalue weighted by atomic mass is 10.1. The highest BCUT2D eigenvalue weighted by atomic mass is 19.4. The summed E-state index contributed by atoms with van der Waals surface area (Å²) in [4.78, 5) is 8.53. The molecule has 0 aliphatic rings. The molecule has 158 valence electrons. The number of H-pyrrole nitrogens is 1. The van der Waals surface area contributed by atoms with Crippen LogP contribution in [0.4, 0.5) is 17.6 Å². The van der Waals surface area contributed by atoms with Gasteiger partial charge in [0.05, 0.1) is 12.1 Å². The number of benzene rings is 2. The van der Waals surface area contributed by atoms with E-state index in [2.05, 4.69) is 30.8 Å². The SMILES string of the molecule is CCNC(=NCc1cccc(-c2ncn[nH]2)c1)NCc1ccc(F)cc1C(F)(F)F. The second kappa shape index (κ2) is 9.38. The summed E-state index contributed by atoms with van der Waals surface area (Å²) in [5, 5.41) is 12.5. The molecule has 0 bridgehead atoms. The van der Waals surface area contributed by atoms with Gasteiger partial charge in [0.15, 0.2) is 11.8 Å². The van der Waals surface area contributed by atoms with Crippen molar-refractivity contribution in [3.05, 3.63) is 71.3 Å².